The molecular formula is C18H19N3O2S. The minimum atomic E-state index is -0.128. The standard InChI is InChI=1S/C18H19N3O2S/c22-12-14(10-17-2-1-9-24-17)11-20-18(23)15-3-5-16(6-4-15)21-8-7-19-13-21/h1-9,13-14,22H,10-12H2,(H,20,23)/t14-/m0/s1. The van der Waals surface area contributed by atoms with Gasteiger partial charge in [-0.2, -0.15) is 0 Å². The van der Waals surface area contributed by atoms with Crippen molar-refractivity contribution in [2.75, 3.05) is 13.2 Å². The fourth-order valence-electron chi connectivity index (χ4n) is 2.45. The Kier molecular flexibility index (Phi) is 5.40. The molecule has 0 aliphatic carbocycles. The molecule has 0 unspecified atom stereocenters. The van der Waals surface area contributed by atoms with Crippen molar-refractivity contribution >= 4 is 17.2 Å². The fourth-order valence-corrected chi connectivity index (χ4v) is 3.27. The molecule has 1 amide bonds. The summed E-state index contributed by atoms with van der Waals surface area (Å²) < 4.78 is 1.88. The highest BCUT2D eigenvalue weighted by molar-refractivity contribution is 7.09. The van der Waals surface area contributed by atoms with Crippen LogP contribution in [0.4, 0.5) is 0 Å². The van der Waals surface area contributed by atoms with Gasteiger partial charge in [-0.1, -0.05) is 6.07 Å². The minimum Gasteiger partial charge on any atom is -0.396 e. The molecule has 3 aromatic rings. The van der Waals surface area contributed by atoms with Gasteiger partial charge in [-0.3, -0.25) is 4.79 Å². The number of nitrogens with one attached hydrogen (secondary N) is 1. The zero-order valence-corrected chi connectivity index (χ0v) is 13.9. The molecule has 5 nitrogen and oxygen atoms in total. The van der Waals surface area contributed by atoms with Crippen LogP contribution in [0, 0.1) is 5.92 Å². The van der Waals surface area contributed by atoms with E-state index in [0.29, 0.717) is 12.1 Å². The van der Waals surface area contributed by atoms with Crippen LogP contribution < -0.4 is 5.32 Å². The van der Waals surface area contributed by atoms with E-state index in [1.807, 2.05) is 40.4 Å². The van der Waals surface area contributed by atoms with Crippen molar-refractivity contribution in [3.05, 3.63) is 70.9 Å². The molecule has 0 saturated carbocycles. The second kappa shape index (κ2) is 7.90. The molecule has 0 aliphatic heterocycles. The van der Waals surface area contributed by atoms with Crippen LogP contribution >= 0.6 is 11.3 Å². The summed E-state index contributed by atoms with van der Waals surface area (Å²) in [7, 11) is 0. The van der Waals surface area contributed by atoms with Gasteiger partial charge in [0.05, 0.1) is 6.33 Å². The molecule has 2 aromatic heterocycles. The molecule has 124 valence electrons. The van der Waals surface area contributed by atoms with Crippen molar-refractivity contribution in [1.29, 1.82) is 0 Å². The molecule has 0 bridgehead atoms. The van der Waals surface area contributed by atoms with Crippen LogP contribution in [0.5, 0.6) is 0 Å². The summed E-state index contributed by atoms with van der Waals surface area (Å²) in [6.45, 7) is 0.508. The second-order valence-corrected chi connectivity index (χ2v) is 6.59. The van der Waals surface area contributed by atoms with Crippen LogP contribution in [0.2, 0.25) is 0 Å². The molecule has 0 saturated heterocycles. The van der Waals surface area contributed by atoms with E-state index in [0.717, 1.165) is 12.1 Å². The Labute approximate surface area is 144 Å². The Bertz CT molecular complexity index is 752. The summed E-state index contributed by atoms with van der Waals surface area (Å²) >= 11 is 1.67. The van der Waals surface area contributed by atoms with E-state index in [4.69, 9.17) is 0 Å². The average molecular weight is 341 g/mol. The van der Waals surface area contributed by atoms with Gasteiger partial charge >= 0.3 is 0 Å². The highest BCUT2D eigenvalue weighted by atomic mass is 32.1. The number of rotatable bonds is 7. The topological polar surface area (TPSA) is 67.2 Å². The van der Waals surface area contributed by atoms with Gasteiger partial charge < -0.3 is 15.0 Å². The van der Waals surface area contributed by atoms with Crippen LogP contribution in [0.25, 0.3) is 5.69 Å². The molecule has 0 aliphatic rings. The van der Waals surface area contributed by atoms with Crippen molar-refractivity contribution in [3.8, 4) is 5.69 Å². The third-order valence-corrected chi connectivity index (χ3v) is 4.71. The lowest BCUT2D eigenvalue weighted by Crippen LogP contribution is -2.31. The van der Waals surface area contributed by atoms with E-state index in [9.17, 15) is 9.90 Å². The first-order chi connectivity index (χ1) is 11.8. The van der Waals surface area contributed by atoms with Crippen molar-refractivity contribution < 1.29 is 9.90 Å². The van der Waals surface area contributed by atoms with Gasteiger partial charge in [-0.05, 0) is 42.1 Å². The first kappa shape index (κ1) is 16.4. The van der Waals surface area contributed by atoms with Crippen molar-refractivity contribution in [2.45, 2.75) is 6.42 Å². The Morgan fingerprint density at radius 2 is 2.12 bits per heavy atom. The summed E-state index contributed by atoms with van der Waals surface area (Å²) in [6, 6.07) is 11.4. The molecule has 2 heterocycles. The highest BCUT2D eigenvalue weighted by Gasteiger charge is 2.12. The molecule has 3 rings (SSSR count). The zero-order chi connectivity index (χ0) is 16.8. The zero-order valence-electron chi connectivity index (χ0n) is 13.1. The van der Waals surface area contributed by atoms with Gasteiger partial charge in [0.15, 0.2) is 0 Å². The predicted octanol–water partition coefficient (Wildman–Crippen LogP) is 2.51. The van der Waals surface area contributed by atoms with E-state index in [2.05, 4.69) is 10.3 Å². The molecule has 1 atom stereocenters. The number of thiophene rings is 1. The molecule has 2 N–H and O–H groups in total. The minimum absolute atomic E-state index is 0.0258. The second-order valence-electron chi connectivity index (χ2n) is 5.56. The number of benzene rings is 1. The molecule has 6 heteroatoms. The average Bonchev–Trinajstić information content (AvgIpc) is 3.32. The molecule has 24 heavy (non-hydrogen) atoms. The van der Waals surface area contributed by atoms with Crippen molar-refractivity contribution in [3.63, 3.8) is 0 Å². The number of hydrogen-bond donors (Lipinski definition) is 2. The number of hydrogen-bond acceptors (Lipinski definition) is 4. The Morgan fingerprint density at radius 1 is 1.29 bits per heavy atom. The van der Waals surface area contributed by atoms with Crippen LogP contribution in [-0.2, 0) is 6.42 Å². The van der Waals surface area contributed by atoms with Crippen molar-refractivity contribution in [2.24, 2.45) is 5.92 Å². The monoisotopic (exact) mass is 341 g/mol. The molecule has 1 aromatic carbocycles. The van der Waals surface area contributed by atoms with Gasteiger partial charge in [-0.15, -0.1) is 11.3 Å². The highest BCUT2D eigenvalue weighted by Crippen LogP contribution is 2.14. The van der Waals surface area contributed by atoms with Crippen LogP contribution in [0.1, 0.15) is 15.2 Å². The summed E-state index contributed by atoms with van der Waals surface area (Å²) in [6.07, 6.45) is 6.05. The first-order valence-corrected chi connectivity index (χ1v) is 8.64. The summed E-state index contributed by atoms with van der Waals surface area (Å²) in [4.78, 5) is 17.5. The van der Waals surface area contributed by atoms with Crippen LogP contribution in [0.3, 0.4) is 0 Å². The van der Waals surface area contributed by atoms with Gasteiger partial charge in [0, 0.05) is 47.6 Å². The molecule has 0 spiro atoms. The molecule has 0 fully saturated rings. The smallest absolute Gasteiger partial charge is 0.251 e. The third-order valence-electron chi connectivity index (χ3n) is 3.81. The lowest BCUT2D eigenvalue weighted by Gasteiger charge is -2.14. The van der Waals surface area contributed by atoms with Gasteiger partial charge in [0.1, 0.15) is 0 Å². The van der Waals surface area contributed by atoms with Gasteiger partial charge in [0.25, 0.3) is 5.91 Å². The summed E-state index contributed by atoms with van der Waals surface area (Å²) in [5.41, 5.74) is 1.56. The van der Waals surface area contributed by atoms with E-state index in [-0.39, 0.29) is 18.4 Å². The SMILES string of the molecule is O=C(NC[C@@H](CO)Cc1cccs1)c1ccc(-n2ccnc2)cc1. The number of carbonyl (C=O) groups is 1. The Hall–Kier alpha value is -2.44. The number of nitrogens with zero attached hydrogens (tertiary/aromatic N) is 2. The van der Waals surface area contributed by atoms with Gasteiger partial charge in [-0.25, -0.2) is 4.98 Å². The number of aromatic nitrogens is 2. The lowest BCUT2D eigenvalue weighted by molar-refractivity contribution is 0.0940. The molecular weight excluding hydrogens is 322 g/mol. The number of amides is 1. The van der Waals surface area contributed by atoms with E-state index < -0.39 is 0 Å². The lowest BCUT2D eigenvalue weighted by atomic mass is 10.1. The summed E-state index contributed by atoms with van der Waals surface area (Å²) in [5.74, 6) is -0.102. The van der Waals surface area contributed by atoms with E-state index in [1.165, 1.54) is 4.88 Å². The predicted molar refractivity (Wildman–Crippen MR) is 94.5 cm³/mol. The third kappa shape index (κ3) is 4.10. The van der Waals surface area contributed by atoms with Crippen LogP contribution in [0.15, 0.2) is 60.5 Å². The molecule has 0 radical (unpaired) electrons. The van der Waals surface area contributed by atoms with Crippen molar-refractivity contribution in [1.82, 2.24) is 14.9 Å². The van der Waals surface area contributed by atoms with E-state index in [1.54, 1.807) is 36.0 Å². The Balaban J connectivity index is 1.56. The normalized spacial score (nSPS) is 12.0. The maximum Gasteiger partial charge on any atom is 0.251 e. The maximum atomic E-state index is 12.3. The number of aliphatic hydroxyl groups is 1. The maximum absolute atomic E-state index is 12.3. The Morgan fingerprint density at radius 3 is 2.75 bits per heavy atom. The first-order valence-electron chi connectivity index (χ1n) is 7.76. The quantitative estimate of drug-likeness (QED) is 0.694. The van der Waals surface area contributed by atoms with Gasteiger partial charge in [0.2, 0.25) is 0 Å². The summed E-state index contributed by atoms with van der Waals surface area (Å²) in [5, 5.41) is 14.4. The van der Waals surface area contributed by atoms with Crippen LogP contribution in [-0.4, -0.2) is 33.7 Å². The largest absolute Gasteiger partial charge is 0.396 e. The number of carbonyl (C=O) groups excluding carboxylic acids is 1. The number of imidazole rings is 1. The fraction of sp³-hybridized carbons (Fsp3) is 0.222. The number of aliphatic hydroxyl groups excluding tert-OH is 1. The van der Waals surface area contributed by atoms with E-state index >= 15 is 0 Å².